The molecular formula is C17H26N2O2. The van der Waals surface area contributed by atoms with Gasteiger partial charge in [0.25, 0.3) is 5.91 Å². The number of anilines is 1. The van der Waals surface area contributed by atoms with E-state index in [1.807, 2.05) is 31.2 Å². The van der Waals surface area contributed by atoms with E-state index in [2.05, 4.69) is 24.1 Å². The van der Waals surface area contributed by atoms with Gasteiger partial charge in [0.15, 0.2) is 0 Å². The van der Waals surface area contributed by atoms with E-state index in [-0.39, 0.29) is 12.0 Å². The van der Waals surface area contributed by atoms with Gasteiger partial charge in [-0.05, 0) is 43.5 Å². The van der Waals surface area contributed by atoms with E-state index in [0.29, 0.717) is 23.9 Å². The number of aliphatic hydroxyl groups excluding tert-OH is 1. The Kier molecular flexibility index (Phi) is 5.23. The van der Waals surface area contributed by atoms with Crippen LogP contribution < -0.4 is 10.2 Å². The van der Waals surface area contributed by atoms with Crippen molar-refractivity contribution < 1.29 is 9.90 Å². The first kappa shape index (κ1) is 15.8. The third kappa shape index (κ3) is 4.21. The number of hydrogen-bond acceptors (Lipinski definition) is 3. The average molecular weight is 290 g/mol. The van der Waals surface area contributed by atoms with Crippen molar-refractivity contribution in [3.8, 4) is 0 Å². The third-order valence-corrected chi connectivity index (χ3v) is 4.07. The predicted octanol–water partition coefficient (Wildman–Crippen LogP) is 2.28. The summed E-state index contributed by atoms with van der Waals surface area (Å²) in [4.78, 5) is 14.2. The van der Waals surface area contributed by atoms with E-state index in [4.69, 9.17) is 0 Å². The van der Waals surface area contributed by atoms with E-state index in [1.165, 1.54) is 0 Å². The molecular weight excluding hydrogens is 264 g/mol. The highest BCUT2D eigenvalue weighted by molar-refractivity contribution is 5.94. The highest BCUT2D eigenvalue weighted by Crippen LogP contribution is 2.25. The van der Waals surface area contributed by atoms with Gasteiger partial charge in [-0.3, -0.25) is 4.79 Å². The molecule has 0 radical (unpaired) electrons. The first-order valence-electron chi connectivity index (χ1n) is 7.78. The van der Waals surface area contributed by atoms with Crippen LogP contribution in [0.15, 0.2) is 24.3 Å². The zero-order valence-electron chi connectivity index (χ0n) is 13.2. The third-order valence-electron chi connectivity index (χ3n) is 4.07. The number of aliphatic hydroxyl groups is 1. The predicted molar refractivity (Wildman–Crippen MR) is 85.6 cm³/mol. The second kappa shape index (κ2) is 6.94. The van der Waals surface area contributed by atoms with Crippen LogP contribution in [0.25, 0.3) is 0 Å². The molecule has 2 atom stereocenters. The van der Waals surface area contributed by atoms with Crippen LogP contribution in [-0.2, 0) is 0 Å². The molecule has 1 aromatic rings. The Morgan fingerprint density at radius 1 is 1.33 bits per heavy atom. The number of carbonyl (C=O) groups excluding carboxylic acids is 1. The molecule has 1 aliphatic heterocycles. The monoisotopic (exact) mass is 290 g/mol. The highest BCUT2D eigenvalue weighted by atomic mass is 16.3. The lowest BCUT2D eigenvalue weighted by molar-refractivity contribution is 0.0949. The van der Waals surface area contributed by atoms with E-state index in [1.54, 1.807) is 0 Å². The molecule has 1 aromatic carbocycles. The summed E-state index contributed by atoms with van der Waals surface area (Å²) in [6, 6.07) is 7.74. The maximum absolute atomic E-state index is 12.0. The van der Waals surface area contributed by atoms with Crippen molar-refractivity contribution in [2.75, 3.05) is 24.5 Å². The fourth-order valence-corrected chi connectivity index (χ4v) is 2.64. The van der Waals surface area contributed by atoms with Gasteiger partial charge in [-0.1, -0.05) is 13.8 Å². The number of nitrogens with zero attached hydrogens (tertiary/aromatic N) is 1. The highest BCUT2D eigenvalue weighted by Gasteiger charge is 2.26. The maximum atomic E-state index is 12.0. The summed E-state index contributed by atoms with van der Waals surface area (Å²) in [5.74, 6) is 0.785. The second-order valence-electron chi connectivity index (χ2n) is 6.39. The van der Waals surface area contributed by atoms with Crippen LogP contribution in [0.3, 0.4) is 0 Å². The lowest BCUT2D eigenvalue weighted by atomic mass is 10.0. The van der Waals surface area contributed by atoms with Gasteiger partial charge in [-0.15, -0.1) is 0 Å². The Balaban J connectivity index is 1.95. The van der Waals surface area contributed by atoms with Gasteiger partial charge in [0.2, 0.25) is 0 Å². The smallest absolute Gasteiger partial charge is 0.251 e. The number of rotatable bonds is 5. The van der Waals surface area contributed by atoms with E-state index >= 15 is 0 Å². The zero-order valence-corrected chi connectivity index (χ0v) is 13.2. The molecule has 2 rings (SSSR count). The van der Waals surface area contributed by atoms with Crippen molar-refractivity contribution in [3.63, 3.8) is 0 Å². The summed E-state index contributed by atoms with van der Waals surface area (Å²) in [5, 5.41) is 12.6. The van der Waals surface area contributed by atoms with Crippen molar-refractivity contribution in [1.29, 1.82) is 0 Å². The number of hydrogen-bond donors (Lipinski definition) is 2. The summed E-state index contributed by atoms with van der Waals surface area (Å²) >= 11 is 0. The van der Waals surface area contributed by atoms with Gasteiger partial charge in [0.05, 0.1) is 6.10 Å². The average Bonchev–Trinajstić information content (AvgIpc) is 2.95. The molecule has 1 saturated heterocycles. The van der Waals surface area contributed by atoms with Crippen molar-refractivity contribution in [3.05, 3.63) is 29.8 Å². The van der Waals surface area contributed by atoms with Crippen LogP contribution in [-0.4, -0.2) is 36.8 Å². The van der Waals surface area contributed by atoms with Crippen LogP contribution in [0.2, 0.25) is 0 Å². The van der Waals surface area contributed by atoms with Crippen LogP contribution in [0, 0.1) is 11.8 Å². The molecule has 1 fully saturated rings. The minimum Gasteiger partial charge on any atom is -0.393 e. The molecule has 2 unspecified atom stereocenters. The fourth-order valence-electron chi connectivity index (χ4n) is 2.64. The fraction of sp³-hybridized carbons (Fsp3) is 0.588. The van der Waals surface area contributed by atoms with Gasteiger partial charge < -0.3 is 15.3 Å². The van der Waals surface area contributed by atoms with Gasteiger partial charge >= 0.3 is 0 Å². The molecule has 0 spiro atoms. The molecule has 1 aliphatic rings. The minimum atomic E-state index is -0.254. The zero-order chi connectivity index (χ0) is 15.4. The van der Waals surface area contributed by atoms with E-state index in [0.717, 1.165) is 25.2 Å². The molecule has 1 heterocycles. The molecule has 116 valence electrons. The van der Waals surface area contributed by atoms with Crippen LogP contribution in [0.4, 0.5) is 5.69 Å². The lowest BCUT2D eigenvalue weighted by Gasteiger charge is -2.20. The Bertz CT molecular complexity index is 468. The first-order valence-corrected chi connectivity index (χ1v) is 7.78. The molecule has 4 nitrogen and oxygen atoms in total. The SMILES string of the molecule is CC(C)CNC(=O)c1ccc(N2CCC(C(C)O)C2)cc1. The van der Waals surface area contributed by atoms with Crippen molar-refractivity contribution in [2.24, 2.45) is 11.8 Å². The van der Waals surface area contributed by atoms with Gasteiger partial charge in [-0.2, -0.15) is 0 Å². The van der Waals surface area contributed by atoms with E-state index < -0.39 is 0 Å². The van der Waals surface area contributed by atoms with Crippen molar-refractivity contribution in [1.82, 2.24) is 5.32 Å². The molecule has 0 aliphatic carbocycles. The topological polar surface area (TPSA) is 52.6 Å². The Hall–Kier alpha value is -1.55. The summed E-state index contributed by atoms with van der Waals surface area (Å²) in [7, 11) is 0. The molecule has 0 bridgehead atoms. The molecule has 21 heavy (non-hydrogen) atoms. The van der Waals surface area contributed by atoms with Crippen molar-refractivity contribution in [2.45, 2.75) is 33.3 Å². The van der Waals surface area contributed by atoms with Crippen molar-refractivity contribution >= 4 is 11.6 Å². The van der Waals surface area contributed by atoms with Crippen LogP contribution in [0.5, 0.6) is 0 Å². The molecule has 1 amide bonds. The molecule has 0 saturated carbocycles. The summed E-state index contributed by atoms with van der Waals surface area (Å²) in [6.07, 6.45) is 0.768. The standard InChI is InChI=1S/C17H26N2O2/c1-12(2)10-18-17(21)14-4-6-16(7-5-14)19-9-8-15(11-19)13(3)20/h4-7,12-13,15,20H,8-11H2,1-3H3,(H,18,21). The number of amides is 1. The quantitative estimate of drug-likeness (QED) is 0.875. The van der Waals surface area contributed by atoms with Gasteiger partial charge in [-0.25, -0.2) is 0 Å². The summed E-state index contributed by atoms with van der Waals surface area (Å²) in [5.41, 5.74) is 1.82. The van der Waals surface area contributed by atoms with Crippen LogP contribution in [0.1, 0.15) is 37.6 Å². The first-order chi connectivity index (χ1) is 9.97. The second-order valence-corrected chi connectivity index (χ2v) is 6.39. The summed E-state index contributed by atoms with van der Waals surface area (Å²) in [6.45, 7) is 8.56. The Morgan fingerprint density at radius 2 is 2.00 bits per heavy atom. The number of carbonyl (C=O) groups is 1. The Labute approximate surface area is 127 Å². The van der Waals surface area contributed by atoms with Crippen LogP contribution >= 0.6 is 0 Å². The van der Waals surface area contributed by atoms with E-state index in [9.17, 15) is 9.90 Å². The normalized spacial score (nSPS) is 19.9. The Morgan fingerprint density at radius 3 is 2.52 bits per heavy atom. The maximum Gasteiger partial charge on any atom is 0.251 e. The molecule has 2 N–H and O–H groups in total. The van der Waals surface area contributed by atoms with Gasteiger partial charge in [0.1, 0.15) is 0 Å². The minimum absolute atomic E-state index is 0.0153. The largest absolute Gasteiger partial charge is 0.393 e. The number of benzene rings is 1. The summed E-state index contributed by atoms with van der Waals surface area (Å²) < 4.78 is 0. The lowest BCUT2D eigenvalue weighted by Crippen LogP contribution is -2.27. The number of nitrogens with one attached hydrogen (secondary N) is 1. The van der Waals surface area contributed by atoms with Gasteiger partial charge in [0, 0.05) is 36.8 Å². The molecule has 4 heteroatoms. The molecule has 0 aromatic heterocycles.